The molecule has 0 spiro atoms. The Hall–Kier alpha value is -0.0938. The summed E-state index contributed by atoms with van der Waals surface area (Å²) < 4.78 is 31.0. The van der Waals surface area contributed by atoms with E-state index < -0.39 is 16.6 Å². The predicted molar refractivity (Wildman–Crippen MR) is 23.0 cm³/mol. The van der Waals surface area contributed by atoms with Gasteiger partial charge in [-0.3, -0.25) is 0 Å². The number of carbonyl (C=O) groups is 1. The Balaban J connectivity index is 0. The third kappa shape index (κ3) is 7.91. The van der Waals surface area contributed by atoms with Crippen molar-refractivity contribution < 1.29 is 32.1 Å². The van der Waals surface area contributed by atoms with E-state index >= 15 is 0 Å². The molecule has 10 heavy (non-hydrogen) atoms. The molecule has 0 aliphatic heterocycles. The summed E-state index contributed by atoms with van der Waals surface area (Å²) >= 11 is 0. The third-order valence-electron chi connectivity index (χ3n) is 0.238. The van der Waals surface area contributed by atoms with Gasteiger partial charge in [-0.25, -0.2) is 13.2 Å². The molecule has 54 valence electrons. The molecule has 0 atom stereocenters. The molecule has 0 saturated heterocycles. The Morgan fingerprint density at radius 1 is 1.40 bits per heavy atom. The molecule has 0 saturated carbocycles. The maximum absolute atomic E-state index is 9.49. The maximum atomic E-state index is 9.49. The summed E-state index contributed by atoms with van der Waals surface area (Å²) in [7, 11) is -5.16. The van der Waals surface area contributed by atoms with E-state index in [1.165, 1.54) is 0 Å². The van der Waals surface area contributed by atoms with Crippen molar-refractivity contribution in [3.8, 4) is 0 Å². The molecule has 0 N–H and O–H groups in total. The van der Waals surface area contributed by atoms with Crippen LogP contribution in [-0.2, 0) is 19.5 Å². The van der Waals surface area contributed by atoms with Gasteiger partial charge >= 0.3 is 29.2 Å². The molecule has 9 heteroatoms. The molecular formula is CMgO7S. The van der Waals surface area contributed by atoms with Crippen LogP contribution in [0.2, 0.25) is 0 Å². The van der Waals surface area contributed by atoms with E-state index in [1.54, 1.807) is 0 Å². The van der Waals surface area contributed by atoms with Crippen LogP contribution in [0, 0.1) is 0 Å². The molecule has 0 unspecified atom stereocenters. The van der Waals surface area contributed by atoms with E-state index in [1.807, 2.05) is 0 Å². The van der Waals surface area contributed by atoms with Gasteiger partial charge in [0.1, 0.15) is 0 Å². The zero-order valence-corrected chi connectivity index (χ0v) is 6.70. The first-order valence-electron chi connectivity index (χ1n) is 1.45. The minimum atomic E-state index is -5.16. The first kappa shape index (κ1) is 12.6. The summed E-state index contributed by atoms with van der Waals surface area (Å²) in [6.45, 7) is 0. The van der Waals surface area contributed by atoms with Gasteiger partial charge in [0.15, 0.2) is 0 Å². The largest absolute Gasteiger partial charge is 2.00 e. The summed E-state index contributed by atoms with van der Waals surface area (Å²) in [4.78, 5) is 11.9. The second-order valence-corrected chi connectivity index (χ2v) is 1.81. The minimum absolute atomic E-state index is 0. The van der Waals surface area contributed by atoms with Gasteiger partial charge in [0, 0.05) is 0 Å². The average Bonchev–Trinajstić information content (AvgIpc) is 1.62. The van der Waals surface area contributed by atoms with Crippen molar-refractivity contribution in [1.29, 1.82) is 0 Å². The molecule has 0 radical (unpaired) electrons. The standard InChI is InChI=1S/CH2O7S.Mg/c2-1(7-3)8-9(4,5)6;/h3H,(H,4,5,6);/q;+2/p-2. The van der Waals surface area contributed by atoms with E-state index in [9.17, 15) is 17.8 Å². The molecule has 7 nitrogen and oxygen atoms in total. The van der Waals surface area contributed by atoms with E-state index in [2.05, 4.69) is 9.07 Å². The van der Waals surface area contributed by atoms with E-state index in [0.29, 0.717) is 0 Å². The van der Waals surface area contributed by atoms with Gasteiger partial charge in [-0.15, -0.1) is 0 Å². The summed E-state index contributed by atoms with van der Waals surface area (Å²) in [6, 6.07) is 0. The summed E-state index contributed by atoms with van der Waals surface area (Å²) in [5.41, 5.74) is 0. The van der Waals surface area contributed by atoms with Crippen molar-refractivity contribution in [3.05, 3.63) is 0 Å². The van der Waals surface area contributed by atoms with Crippen LogP contribution in [-0.4, -0.2) is 42.2 Å². The van der Waals surface area contributed by atoms with Crippen LogP contribution in [0.4, 0.5) is 4.79 Å². The fourth-order valence-electron chi connectivity index (χ4n) is 0.0972. The predicted octanol–water partition coefficient (Wildman–Crippen LogP) is -2.51. The van der Waals surface area contributed by atoms with Crippen LogP contribution in [0.15, 0.2) is 0 Å². The zero-order valence-electron chi connectivity index (χ0n) is 4.47. The second kappa shape index (κ2) is 4.68. The van der Waals surface area contributed by atoms with Gasteiger partial charge in [0.25, 0.3) is 10.4 Å². The third-order valence-corrected chi connectivity index (χ3v) is 0.578. The van der Waals surface area contributed by atoms with Gasteiger partial charge in [0.05, 0.1) is 0 Å². The van der Waals surface area contributed by atoms with Crippen molar-refractivity contribution in [2.45, 2.75) is 0 Å². The van der Waals surface area contributed by atoms with Crippen molar-refractivity contribution in [1.82, 2.24) is 0 Å². The maximum Gasteiger partial charge on any atom is 2.00 e. The molecule has 0 aliphatic rings. The Morgan fingerprint density at radius 3 is 1.90 bits per heavy atom. The van der Waals surface area contributed by atoms with Crippen LogP contribution in [0.1, 0.15) is 0 Å². The minimum Gasteiger partial charge on any atom is -0.716 e. The van der Waals surface area contributed by atoms with Crippen molar-refractivity contribution in [3.63, 3.8) is 0 Å². The average molecular weight is 180 g/mol. The topological polar surface area (TPSA) is 116 Å². The summed E-state index contributed by atoms with van der Waals surface area (Å²) in [5.74, 6) is 0. The Bertz CT molecular complexity index is 192. The molecule has 0 aromatic rings. The molecule has 0 aromatic carbocycles. The molecule has 0 heterocycles. The fraction of sp³-hybridized carbons (Fsp3) is 0. The summed E-state index contributed by atoms with van der Waals surface area (Å²) in [6.07, 6.45) is -2.09. The van der Waals surface area contributed by atoms with Crippen LogP contribution >= 0.6 is 0 Å². The quantitative estimate of drug-likeness (QED) is 0.144. The molecule has 0 amide bonds. The van der Waals surface area contributed by atoms with Crippen LogP contribution in [0.25, 0.3) is 0 Å². The van der Waals surface area contributed by atoms with Gasteiger partial charge in [-0.1, -0.05) is 0 Å². The first-order valence-corrected chi connectivity index (χ1v) is 2.78. The second-order valence-electron chi connectivity index (χ2n) is 0.825. The van der Waals surface area contributed by atoms with E-state index in [4.69, 9.17) is 5.26 Å². The molecule has 0 rings (SSSR count). The number of carbonyl (C=O) groups excluding carboxylic acids is 1. The smallest absolute Gasteiger partial charge is 0.716 e. The van der Waals surface area contributed by atoms with Crippen molar-refractivity contribution in [2.75, 3.05) is 0 Å². The zero-order chi connectivity index (χ0) is 7.49. The van der Waals surface area contributed by atoms with Gasteiger partial charge < -0.3 is 18.9 Å². The molecular weight excluding hydrogens is 180 g/mol. The van der Waals surface area contributed by atoms with Crippen LogP contribution in [0.3, 0.4) is 0 Å². The van der Waals surface area contributed by atoms with E-state index in [0.717, 1.165) is 0 Å². The van der Waals surface area contributed by atoms with Gasteiger partial charge in [-0.2, -0.15) is 0 Å². The Kier molecular flexibility index (Phi) is 5.88. The first-order chi connectivity index (χ1) is 3.95. The monoisotopic (exact) mass is 180 g/mol. The van der Waals surface area contributed by atoms with Crippen molar-refractivity contribution in [2.24, 2.45) is 0 Å². The molecule has 0 aromatic heterocycles. The summed E-state index contributed by atoms with van der Waals surface area (Å²) in [5, 5.41) is 8.93. The number of rotatable bonds is 1. The van der Waals surface area contributed by atoms with Crippen molar-refractivity contribution >= 4 is 39.6 Å². The normalized spacial score (nSPS) is 9.40. The SMILES string of the molecule is O=C(O[O-])OS(=O)(=O)[O-].[Mg+2]. The molecule has 0 fully saturated rings. The molecule has 0 aliphatic carbocycles. The van der Waals surface area contributed by atoms with Gasteiger partial charge in [-0.05, 0) is 0 Å². The van der Waals surface area contributed by atoms with E-state index in [-0.39, 0.29) is 23.1 Å². The number of hydrogen-bond acceptors (Lipinski definition) is 7. The molecule has 0 bridgehead atoms. The van der Waals surface area contributed by atoms with Crippen LogP contribution in [0.5, 0.6) is 0 Å². The van der Waals surface area contributed by atoms with Gasteiger partial charge in [0.2, 0.25) is 0 Å². The number of hydrogen-bond donors (Lipinski definition) is 0. The fourth-order valence-corrected chi connectivity index (χ4v) is 0.292. The Morgan fingerprint density at radius 2 is 1.80 bits per heavy atom. The Labute approximate surface area is 72.0 Å². The van der Waals surface area contributed by atoms with Crippen LogP contribution < -0.4 is 5.26 Å².